The number of rotatable bonds is 6. The van der Waals surface area contributed by atoms with Crippen LogP contribution in [-0.2, 0) is 11.3 Å². The summed E-state index contributed by atoms with van der Waals surface area (Å²) < 4.78 is 13.8. The van der Waals surface area contributed by atoms with Gasteiger partial charge in [0.25, 0.3) is 0 Å². The Morgan fingerprint density at radius 3 is 2.59 bits per heavy atom. The van der Waals surface area contributed by atoms with Crippen molar-refractivity contribution in [2.75, 3.05) is 11.9 Å². The summed E-state index contributed by atoms with van der Waals surface area (Å²) >= 11 is 3.42. The van der Waals surface area contributed by atoms with E-state index in [1.165, 1.54) is 12.1 Å². The molecule has 0 aliphatic carbocycles. The van der Waals surface area contributed by atoms with Crippen LogP contribution in [-0.4, -0.2) is 12.5 Å². The van der Waals surface area contributed by atoms with Crippen LogP contribution in [0.3, 0.4) is 0 Å². The van der Waals surface area contributed by atoms with Gasteiger partial charge in [-0.1, -0.05) is 28.1 Å². The lowest BCUT2D eigenvalue weighted by Gasteiger charge is -2.10. The third kappa shape index (κ3) is 5.15. The molecule has 0 aliphatic rings. The van der Waals surface area contributed by atoms with E-state index >= 15 is 0 Å². The maximum atomic E-state index is 12.8. The number of aryl methyl sites for hydroxylation is 1. The van der Waals surface area contributed by atoms with E-state index in [0.29, 0.717) is 19.5 Å². The maximum Gasteiger partial charge on any atom is 0.222 e. The molecule has 0 saturated heterocycles. The number of carbonyl (C=O) groups is 1. The lowest BCUT2D eigenvalue weighted by molar-refractivity contribution is -0.121. The summed E-state index contributed by atoms with van der Waals surface area (Å²) in [6, 6.07) is 12.1. The Morgan fingerprint density at radius 1 is 1.18 bits per heavy atom. The Labute approximate surface area is 138 Å². The molecular weight excluding hydrogens is 347 g/mol. The number of anilines is 1. The third-order valence-corrected chi connectivity index (χ3v) is 3.75. The molecule has 0 aromatic heterocycles. The second-order valence-corrected chi connectivity index (χ2v) is 5.95. The average molecular weight is 365 g/mol. The topological polar surface area (TPSA) is 41.1 Å². The molecule has 0 spiro atoms. The van der Waals surface area contributed by atoms with Crippen molar-refractivity contribution in [2.24, 2.45) is 0 Å². The van der Waals surface area contributed by atoms with E-state index in [1.54, 1.807) is 12.1 Å². The SMILES string of the molecule is Cc1cc(Br)ccc1NCCC(=O)NCc1ccc(F)cc1. The van der Waals surface area contributed by atoms with Crippen LogP contribution in [0, 0.1) is 12.7 Å². The molecule has 5 heteroatoms. The molecule has 0 unspecified atom stereocenters. The minimum atomic E-state index is -0.274. The van der Waals surface area contributed by atoms with E-state index in [4.69, 9.17) is 0 Å². The van der Waals surface area contributed by atoms with Crippen molar-refractivity contribution in [3.63, 3.8) is 0 Å². The number of amides is 1. The third-order valence-electron chi connectivity index (χ3n) is 3.26. The normalized spacial score (nSPS) is 10.3. The van der Waals surface area contributed by atoms with E-state index in [0.717, 1.165) is 21.3 Å². The van der Waals surface area contributed by atoms with Gasteiger partial charge >= 0.3 is 0 Å². The number of hydrogen-bond acceptors (Lipinski definition) is 2. The van der Waals surface area contributed by atoms with Crippen molar-refractivity contribution in [3.05, 3.63) is 63.9 Å². The Hall–Kier alpha value is -1.88. The van der Waals surface area contributed by atoms with Crippen LogP contribution in [0.2, 0.25) is 0 Å². The van der Waals surface area contributed by atoms with E-state index in [1.807, 2.05) is 25.1 Å². The van der Waals surface area contributed by atoms with Gasteiger partial charge in [0.2, 0.25) is 5.91 Å². The molecule has 2 aromatic rings. The van der Waals surface area contributed by atoms with E-state index in [9.17, 15) is 9.18 Å². The van der Waals surface area contributed by atoms with Crippen LogP contribution in [0.1, 0.15) is 17.5 Å². The maximum absolute atomic E-state index is 12.8. The first-order valence-electron chi connectivity index (χ1n) is 7.06. The van der Waals surface area contributed by atoms with Crippen molar-refractivity contribution in [1.29, 1.82) is 0 Å². The van der Waals surface area contributed by atoms with Gasteiger partial charge in [0, 0.05) is 29.7 Å². The van der Waals surface area contributed by atoms with E-state index in [-0.39, 0.29) is 11.7 Å². The molecule has 0 bridgehead atoms. The summed E-state index contributed by atoms with van der Waals surface area (Å²) in [6.07, 6.45) is 0.386. The fourth-order valence-corrected chi connectivity index (χ4v) is 2.50. The molecule has 22 heavy (non-hydrogen) atoms. The molecule has 3 nitrogen and oxygen atoms in total. The minimum absolute atomic E-state index is 0.0356. The fourth-order valence-electron chi connectivity index (χ4n) is 2.03. The molecule has 2 N–H and O–H groups in total. The van der Waals surface area contributed by atoms with E-state index < -0.39 is 0 Å². The van der Waals surface area contributed by atoms with Gasteiger partial charge in [0.05, 0.1) is 0 Å². The largest absolute Gasteiger partial charge is 0.384 e. The number of hydrogen-bond donors (Lipinski definition) is 2. The molecule has 1 amide bonds. The fraction of sp³-hybridized carbons (Fsp3) is 0.235. The quantitative estimate of drug-likeness (QED) is 0.812. The van der Waals surface area contributed by atoms with Gasteiger partial charge in [0.1, 0.15) is 5.82 Å². The lowest BCUT2D eigenvalue weighted by Crippen LogP contribution is -2.24. The predicted molar refractivity (Wildman–Crippen MR) is 90.2 cm³/mol. The Bertz CT molecular complexity index is 644. The summed E-state index contributed by atoms with van der Waals surface area (Å²) in [5.74, 6) is -0.310. The second-order valence-electron chi connectivity index (χ2n) is 5.04. The number of halogens is 2. The van der Waals surface area contributed by atoms with Crippen LogP contribution >= 0.6 is 15.9 Å². The van der Waals surface area contributed by atoms with Gasteiger partial charge < -0.3 is 10.6 Å². The summed E-state index contributed by atoms with van der Waals surface area (Å²) in [7, 11) is 0. The molecule has 0 saturated carbocycles. The first-order chi connectivity index (χ1) is 10.5. The molecule has 0 aliphatic heterocycles. The molecular formula is C17H18BrFN2O. The van der Waals surface area contributed by atoms with Crippen LogP contribution in [0.15, 0.2) is 46.9 Å². The van der Waals surface area contributed by atoms with Crippen LogP contribution < -0.4 is 10.6 Å². The van der Waals surface area contributed by atoms with Gasteiger partial charge in [-0.05, 0) is 48.4 Å². The Kier molecular flexibility index (Phi) is 5.95. The molecule has 2 rings (SSSR count). The van der Waals surface area contributed by atoms with Crippen LogP contribution in [0.25, 0.3) is 0 Å². The van der Waals surface area contributed by atoms with Crippen molar-refractivity contribution in [1.82, 2.24) is 5.32 Å². The molecule has 116 valence electrons. The highest BCUT2D eigenvalue weighted by Gasteiger charge is 2.03. The summed E-state index contributed by atoms with van der Waals surface area (Å²) in [6.45, 7) is 3.00. The Balaban J connectivity index is 1.72. The highest BCUT2D eigenvalue weighted by atomic mass is 79.9. The zero-order chi connectivity index (χ0) is 15.9. The first kappa shape index (κ1) is 16.5. The number of carbonyl (C=O) groups excluding carboxylic acids is 1. The predicted octanol–water partition coefficient (Wildman–Crippen LogP) is 4.02. The van der Waals surface area contributed by atoms with Gasteiger partial charge in [0.15, 0.2) is 0 Å². The minimum Gasteiger partial charge on any atom is -0.384 e. The smallest absolute Gasteiger partial charge is 0.222 e. The first-order valence-corrected chi connectivity index (χ1v) is 7.85. The van der Waals surface area contributed by atoms with Crippen LogP contribution in [0.4, 0.5) is 10.1 Å². The molecule has 0 fully saturated rings. The van der Waals surface area contributed by atoms with Gasteiger partial charge in [-0.3, -0.25) is 4.79 Å². The average Bonchev–Trinajstić information content (AvgIpc) is 2.49. The Morgan fingerprint density at radius 2 is 1.91 bits per heavy atom. The standard InChI is InChI=1S/C17H18BrFN2O/c1-12-10-14(18)4-7-16(12)20-9-8-17(22)21-11-13-2-5-15(19)6-3-13/h2-7,10,20H,8-9,11H2,1H3,(H,21,22). The van der Waals surface area contributed by atoms with Gasteiger partial charge in [-0.25, -0.2) is 4.39 Å². The zero-order valence-corrected chi connectivity index (χ0v) is 13.9. The molecule has 0 radical (unpaired) electrons. The zero-order valence-electron chi connectivity index (χ0n) is 12.3. The summed E-state index contributed by atoms with van der Waals surface area (Å²) in [5.41, 5.74) is 3.03. The van der Waals surface area contributed by atoms with Gasteiger partial charge in [-0.15, -0.1) is 0 Å². The van der Waals surface area contributed by atoms with Gasteiger partial charge in [-0.2, -0.15) is 0 Å². The second kappa shape index (κ2) is 7.94. The van der Waals surface area contributed by atoms with Crippen molar-refractivity contribution >= 4 is 27.5 Å². The van der Waals surface area contributed by atoms with Crippen molar-refractivity contribution in [2.45, 2.75) is 19.9 Å². The molecule has 2 aromatic carbocycles. The summed E-state index contributed by atoms with van der Waals surface area (Å²) in [4.78, 5) is 11.8. The highest BCUT2D eigenvalue weighted by molar-refractivity contribution is 9.10. The number of nitrogens with one attached hydrogen (secondary N) is 2. The monoisotopic (exact) mass is 364 g/mol. The van der Waals surface area contributed by atoms with Crippen LogP contribution in [0.5, 0.6) is 0 Å². The summed E-state index contributed by atoms with van der Waals surface area (Å²) in [5, 5.41) is 6.06. The van der Waals surface area contributed by atoms with E-state index in [2.05, 4.69) is 26.6 Å². The van der Waals surface area contributed by atoms with Crippen molar-refractivity contribution in [3.8, 4) is 0 Å². The lowest BCUT2D eigenvalue weighted by atomic mass is 10.2. The van der Waals surface area contributed by atoms with Crippen molar-refractivity contribution < 1.29 is 9.18 Å². The molecule has 0 atom stereocenters. The highest BCUT2D eigenvalue weighted by Crippen LogP contribution is 2.19. The number of benzene rings is 2. The molecule has 0 heterocycles.